The summed E-state index contributed by atoms with van der Waals surface area (Å²) in [6, 6.07) is 16.8. The normalized spacial score (nSPS) is 12.7. The molecule has 4 heteroatoms. The van der Waals surface area contributed by atoms with Crippen LogP contribution in [0.1, 0.15) is 24.9 Å². The minimum absolute atomic E-state index is 0.365. The van der Waals surface area contributed by atoms with Crippen LogP contribution in [0.15, 0.2) is 48.5 Å². The van der Waals surface area contributed by atoms with Gasteiger partial charge in [-0.05, 0) is 43.3 Å². The van der Waals surface area contributed by atoms with Crippen LogP contribution in [0.25, 0.3) is 16.7 Å². The minimum atomic E-state index is 0.365. The van der Waals surface area contributed by atoms with E-state index in [0.717, 1.165) is 23.1 Å². The van der Waals surface area contributed by atoms with E-state index >= 15 is 0 Å². The molecule has 0 amide bonds. The molecular weight excluding hydrogens is 248 g/mol. The van der Waals surface area contributed by atoms with Gasteiger partial charge in [-0.3, -0.25) is 0 Å². The summed E-state index contributed by atoms with van der Waals surface area (Å²) in [5, 5.41) is 11.8. The second kappa shape index (κ2) is 5.43. The number of fused-ring (bicyclic) bond motifs is 1. The number of hydrogen-bond donors (Lipinski definition) is 1. The molecule has 0 aliphatic rings. The van der Waals surface area contributed by atoms with Crippen molar-refractivity contribution in [2.75, 3.05) is 7.05 Å². The van der Waals surface area contributed by atoms with Crippen molar-refractivity contribution in [1.82, 2.24) is 20.3 Å². The fraction of sp³-hybridized carbons (Fsp3) is 0.250. The summed E-state index contributed by atoms with van der Waals surface area (Å²) in [6.45, 7) is 2.18. The zero-order chi connectivity index (χ0) is 13.9. The molecule has 0 aliphatic heterocycles. The van der Waals surface area contributed by atoms with Crippen LogP contribution in [-0.4, -0.2) is 22.0 Å². The number of nitrogens with zero attached hydrogens (tertiary/aromatic N) is 3. The van der Waals surface area contributed by atoms with Gasteiger partial charge in [0.15, 0.2) is 0 Å². The van der Waals surface area contributed by atoms with Crippen LogP contribution in [0.3, 0.4) is 0 Å². The van der Waals surface area contributed by atoms with Gasteiger partial charge in [-0.2, -0.15) is 0 Å². The third kappa shape index (κ3) is 2.18. The molecule has 4 nitrogen and oxygen atoms in total. The van der Waals surface area contributed by atoms with E-state index in [2.05, 4.69) is 46.8 Å². The lowest BCUT2D eigenvalue weighted by Gasteiger charge is -2.15. The van der Waals surface area contributed by atoms with E-state index in [1.54, 1.807) is 0 Å². The van der Waals surface area contributed by atoms with Gasteiger partial charge in [0.1, 0.15) is 5.52 Å². The van der Waals surface area contributed by atoms with Gasteiger partial charge >= 0.3 is 0 Å². The molecular formula is C16H18N4. The molecule has 0 saturated heterocycles. The second-order valence-electron chi connectivity index (χ2n) is 4.83. The van der Waals surface area contributed by atoms with E-state index in [9.17, 15) is 0 Å². The lowest BCUT2D eigenvalue weighted by atomic mass is 10.0. The number of hydrogen-bond acceptors (Lipinski definition) is 3. The summed E-state index contributed by atoms with van der Waals surface area (Å²) < 4.78 is 1.89. The zero-order valence-electron chi connectivity index (χ0n) is 11.7. The molecule has 20 heavy (non-hydrogen) atoms. The first kappa shape index (κ1) is 12.8. The molecule has 2 aromatic carbocycles. The number of benzene rings is 2. The topological polar surface area (TPSA) is 42.7 Å². The summed E-state index contributed by atoms with van der Waals surface area (Å²) in [5.74, 6) is 0. The Kier molecular flexibility index (Phi) is 3.48. The minimum Gasteiger partial charge on any atom is -0.313 e. The van der Waals surface area contributed by atoms with Gasteiger partial charge in [-0.1, -0.05) is 36.4 Å². The van der Waals surface area contributed by atoms with Crippen LogP contribution in [0.5, 0.6) is 0 Å². The Balaban J connectivity index is 2.08. The zero-order valence-corrected chi connectivity index (χ0v) is 11.7. The van der Waals surface area contributed by atoms with Crippen LogP contribution in [0, 0.1) is 0 Å². The molecule has 0 radical (unpaired) electrons. The molecule has 1 aromatic heterocycles. The van der Waals surface area contributed by atoms with Crippen molar-refractivity contribution >= 4 is 11.0 Å². The predicted octanol–water partition coefficient (Wildman–Crippen LogP) is 3.09. The van der Waals surface area contributed by atoms with E-state index in [-0.39, 0.29) is 0 Å². The van der Waals surface area contributed by atoms with Gasteiger partial charge in [-0.25, -0.2) is 4.68 Å². The molecule has 0 aliphatic carbocycles. The first-order chi connectivity index (χ1) is 9.83. The van der Waals surface area contributed by atoms with E-state index < -0.39 is 0 Å². The Hall–Kier alpha value is -2.20. The highest BCUT2D eigenvalue weighted by Crippen LogP contribution is 2.21. The van der Waals surface area contributed by atoms with Crippen molar-refractivity contribution in [3.05, 3.63) is 54.1 Å². The molecule has 3 aromatic rings. The standard InChI is InChI=1S/C16H18N4/c1-3-14(17-2)12-7-6-8-13(11-12)20-16-10-5-4-9-15(16)18-19-20/h4-11,14,17H,3H2,1-2H3. The maximum atomic E-state index is 4.26. The quantitative estimate of drug-likeness (QED) is 0.789. The van der Waals surface area contributed by atoms with E-state index in [4.69, 9.17) is 0 Å². The summed E-state index contributed by atoms with van der Waals surface area (Å²) >= 11 is 0. The molecule has 3 rings (SSSR count). The predicted molar refractivity (Wildman–Crippen MR) is 81.0 cm³/mol. The summed E-state index contributed by atoms with van der Waals surface area (Å²) in [4.78, 5) is 0. The van der Waals surface area contributed by atoms with Crippen molar-refractivity contribution in [3.8, 4) is 5.69 Å². The largest absolute Gasteiger partial charge is 0.313 e. The Morgan fingerprint density at radius 1 is 1.15 bits per heavy atom. The highest BCUT2D eigenvalue weighted by Gasteiger charge is 2.10. The van der Waals surface area contributed by atoms with Crippen molar-refractivity contribution in [2.24, 2.45) is 0 Å². The van der Waals surface area contributed by atoms with E-state index in [0.29, 0.717) is 6.04 Å². The van der Waals surface area contributed by atoms with Crippen molar-refractivity contribution < 1.29 is 0 Å². The van der Waals surface area contributed by atoms with Crippen LogP contribution in [-0.2, 0) is 0 Å². The van der Waals surface area contributed by atoms with Crippen LogP contribution < -0.4 is 5.32 Å². The fourth-order valence-corrected chi connectivity index (χ4v) is 2.54. The molecule has 0 fully saturated rings. The molecule has 0 bridgehead atoms. The highest BCUT2D eigenvalue weighted by atomic mass is 15.4. The SMILES string of the molecule is CCC(NC)c1cccc(-n2nnc3ccccc32)c1. The summed E-state index contributed by atoms with van der Waals surface area (Å²) in [5.41, 5.74) is 4.26. The molecule has 0 saturated carbocycles. The summed E-state index contributed by atoms with van der Waals surface area (Å²) in [7, 11) is 1.99. The smallest absolute Gasteiger partial charge is 0.113 e. The molecule has 0 spiro atoms. The lowest BCUT2D eigenvalue weighted by Crippen LogP contribution is -2.15. The van der Waals surface area contributed by atoms with Gasteiger partial charge < -0.3 is 5.32 Å². The average molecular weight is 266 g/mol. The fourth-order valence-electron chi connectivity index (χ4n) is 2.54. The Morgan fingerprint density at radius 3 is 2.80 bits per heavy atom. The molecule has 1 N–H and O–H groups in total. The van der Waals surface area contributed by atoms with Crippen LogP contribution >= 0.6 is 0 Å². The Labute approximate surface area is 118 Å². The van der Waals surface area contributed by atoms with Gasteiger partial charge in [0.2, 0.25) is 0 Å². The Bertz CT molecular complexity index is 713. The van der Waals surface area contributed by atoms with Gasteiger partial charge in [0.25, 0.3) is 0 Å². The first-order valence-corrected chi connectivity index (χ1v) is 6.91. The average Bonchev–Trinajstić information content (AvgIpc) is 2.93. The van der Waals surface area contributed by atoms with Crippen LogP contribution in [0.4, 0.5) is 0 Å². The van der Waals surface area contributed by atoms with Crippen LogP contribution in [0.2, 0.25) is 0 Å². The summed E-state index contributed by atoms with van der Waals surface area (Å²) in [6.07, 6.45) is 1.05. The van der Waals surface area contributed by atoms with Gasteiger partial charge in [0, 0.05) is 6.04 Å². The number of aromatic nitrogens is 3. The highest BCUT2D eigenvalue weighted by molar-refractivity contribution is 5.75. The monoisotopic (exact) mass is 266 g/mol. The molecule has 1 unspecified atom stereocenters. The lowest BCUT2D eigenvalue weighted by molar-refractivity contribution is 0.576. The van der Waals surface area contributed by atoms with Crippen molar-refractivity contribution in [1.29, 1.82) is 0 Å². The van der Waals surface area contributed by atoms with Gasteiger partial charge in [-0.15, -0.1) is 5.10 Å². The first-order valence-electron chi connectivity index (χ1n) is 6.91. The van der Waals surface area contributed by atoms with E-state index in [1.165, 1.54) is 5.56 Å². The second-order valence-corrected chi connectivity index (χ2v) is 4.83. The van der Waals surface area contributed by atoms with Crippen molar-refractivity contribution in [2.45, 2.75) is 19.4 Å². The number of nitrogens with one attached hydrogen (secondary N) is 1. The Morgan fingerprint density at radius 2 is 2.00 bits per heavy atom. The third-order valence-electron chi connectivity index (χ3n) is 3.63. The maximum Gasteiger partial charge on any atom is 0.113 e. The maximum absolute atomic E-state index is 4.26. The molecule has 1 atom stereocenters. The van der Waals surface area contributed by atoms with Gasteiger partial charge in [0.05, 0.1) is 11.2 Å². The van der Waals surface area contributed by atoms with E-state index in [1.807, 2.05) is 36.0 Å². The number of para-hydroxylation sites is 1. The number of rotatable bonds is 4. The molecule has 102 valence electrons. The third-order valence-corrected chi connectivity index (χ3v) is 3.63. The molecule has 1 heterocycles. The van der Waals surface area contributed by atoms with Crippen molar-refractivity contribution in [3.63, 3.8) is 0 Å².